The molecule has 0 spiro atoms. The van der Waals surface area contributed by atoms with E-state index in [1.54, 1.807) is 0 Å². The van der Waals surface area contributed by atoms with Crippen LogP contribution in [0.3, 0.4) is 0 Å². The maximum Gasteiger partial charge on any atom is 0.408 e. The van der Waals surface area contributed by atoms with Gasteiger partial charge in [-0.1, -0.05) is 30.4 Å². The molecule has 2 aromatic heterocycles. The van der Waals surface area contributed by atoms with Gasteiger partial charge in [0.2, 0.25) is 0 Å². The van der Waals surface area contributed by atoms with Gasteiger partial charge in [-0.3, -0.25) is 9.88 Å². The lowest BCUT2D eigenvalue weighted by Crippen LogP contribution is -2.48. The number of hydrogen-bond donors (Lipinski definition) is 2. The van der Waals surface area contributed by atoms with E-state index in [0.717, 1.165) is 42.4 Å². The third-order valence-electron chi connectivity index (χ3n) is 7.54. The number of aromatic amines is 1. The minimum atomic E-state index is -0.792. The molecule has 4 atom stereocenters. The number of nitrogens with zero attached hydrogens (tertiary/aromatic N) is 3. The molecular formula is C33H43N5O4. The molecule has 0 bridgehead atoms. The maximum atomic E-state index is 14.2. The summed E-state index contributed by atoms with van der Waals surface area (Å²) in [5.41, 5.74) is 2.61. The number of rotatable bonds is 6. The van der Waals surface area contributed by atoms with Crippen LogP contribution in [0.5, 0.6) is 0 Å². The summed E-state index contributed by atoms with van der Waals surface area (Å²) >= 11 is 0. The van der Waals surface area contributed by atoms with Crippen LogP contribution in [0, 0.1) is 0 Å². The van der Waals surface area contributed by atoms with Crippen LogP contribution in [0.25, 0.3) is 11.0 Å². The van der Waals surface area contributed by atoms with Crippen molar-refractivity contribution in [2.75, 3.05) is 0 Å². The first-order valence-electron chi connectivity index (χ1n) is 14.9. The molecule has 2 N–H and O–H groups in total. The van der Waals surface area contributed by atoms with Crippen LogP contribution in [0.1, 0.15) is 96.4 Å². The predicted octanol–water partition coefficient (Wildman–Crippen LogP) is 6.33. The van der Waals surface area contributed by atoms with Crippen molar-refractivity contribution in [3.63, 3.8) is 0 Å². The second-order valence-corrected chi connectivity index (χ2v) is 13.3. The Hall–Kier alpha value is -3.72. The molecule has 2 heterocycles. The van der Waals surface area contributed by atoms with Crippen molar-refractivity contribution in [3.8, 4) is 0 Å². The Morgan fingerprint density at radius 2 is 1.74 bits per heavy atom. The number of carbonyl (C=O) groups is 2. The summed E-state index contributed by atoms with van der Waals surface area (Å²) in [5, 5.41) is 2.97. The van der Waals surface area contributed by atoms with Crippen LogP contribution in [-0.4, -0.2) is 55.2 Å². The first-order valence-corrected chi connectivity index (χ1v) is 14.9. The van der Waals surface area contributed by atoms with Crippen molar-refractivity contribution >= 4 is 23.1 Å². The van der Waals surface area contributed by atoms with Crippen LogP contribution < -0.4 is 5.32 Å². The van der Waals surface area contributed by atoms with E-state index in [2.05, 4.69) is 27.3 Å². The highest BCUT2D eigenvalue weighted by atomic mass is 16.6. The average Bonchev–Trinajstić information content (AvgIpc) is 3.33. The first-order chi connectivity index (χ1) is 19.9. The van der Waals surface area contributed by atoms with Crippen molar-refractivity contribution in [2.45, 2.75) is 109 Å². The highest BCUT2D eigenvalue weighted by molar-refractivity contribution is 5.80. The largest absolute Gasteiger partial charge is 0.458 e. The Bertz CT molecular complexity index is 1420. The van der Waals surface area contributed by atoms with Crippen molar-refractivity contribution in [1.29, 1.82) is 0 Å². The molecule has 2 aliphatic carbocycles. The smallest absolute Gasteiger partial charge is 0.408 e. The molecule has 0 saturated carbocycles. The summed E-state index contributed by atoms with van der Waals surface area (Å²) < 4.78 is 11.5. The van der Waals surface area contributed by atoms with Gasteiger partial charge in [-0.25, -0.2) is 14.6 Å². The molecule has 0 radical (unpaired) electrons. The minimum absolute atomic E-state index is 0.120. The van der Waals surface area contributed by atoms with Crippen LogP contribution in [-0.2, 0) is 20.7 Å². The molecule has 42 heavy (non-hydrogen) atoms. The summed E-state index contributed by atoms with van der Waals surface area (Å²) in [5.74, 6) is 0.197. The standard InChI is InChI=1S/C33H43N5O4/c1-32(2,3)41-30(39)28(29-36-24-13-7-8-14-25(24)37-29)38(26-15-9-11-21-12-10-20-34-27(21)26)23-18-16-22(17-19-23)35-31(40)42-33(4,5)6/h7-8,10,12-14,16,18,20,22-23,26,28H,9,11,15,17,19H2,1-6H3,(H,35,40)(H,36,37)/t22-,23-,26?,28?/m0/s1. The molecular weight excluding hydrogens is 530 g/mol. The molecule has 224 valence electrons. The summed E-state index contributed by atoms with van der Waals surface area (Å²) in [6.45, 7) is 11.2. The monoisotopic (exact) mass is 573 g/mol. The molecule has 3 aromatic rings. The third kappa shape index (κ3) is 7.01. The molecule has 2 unspecified atom stereocenters. The second kappa shape index (κ2) is 11.9. The van der Waals surface area contributed by atoms with Crippen LogP contribution in [0.4, 0.5) is 4.79 Å². The number of esters is 1. The molecule has 1 aromatic carbocycles. The van der Waals surface area contributed by atoms with Crippen LogP contribution in [0.2, 0.25) is 0 Å². The van der Waals surface area contributed by atoms with Crippen molar-refractivity contribution in [2.24, 2.45) is 0 Å². The number of aryl methyl sites for hydroxylation is 1. The Morgan fingerprint density at radius 1 is 0.976 bits per heavy atom. The average molecular weight is 574 g/mol. The lowest BCUT2D eigenvalue weighted by molar-refractivity contribution is -0.164. The highest BCUT2D eigenvalue weighted by Gasteiger charge is 2.43. The number of ether oxygens (including phenoxy) is 2. The van der Waals surface area contributed by atoms with Gasteiger partial charge < -0.3 is 19.8 Å². The number of fused-ring (bicyclic) bond motifs is 2. The van der Waals surface area contributed by atoms with Gasteiger partial charge in [-0.05, 0) is 97.4 Å². The number of H-pyrrole nitrogens is 1. The summed E-state index contributed by atoms with van der Waals surface area (Å²) in [6, 6.07) is 10.7. The third-order valence-corrected chi connectivity index (χ3v) is 7.54. The Morgan fingerprint density at radius 3 is 2.43 bits per heavy atom. The van der Waals surface area contributed by atoms with E-state index in [9.17, 15) is 9.59 Å². The second-order valence-electron chi connectivity index (χ2n) is 13.3. The number of amides is 1. The van der Waals surface area contributed by atoms with Gasteiger partial charge in [0.05, 0.1) is 28.8 Å². The van der Waals surface area contributed by atoms with Gasteiger partial charge >= 0.3 is 12.1 Å². The Labute approximate surface area is 248 Å². The molecule has 9 heteroatoms. The van der Waals surface area contributed by atoms with Crippen LogP contribution >= 0.6 is 0 Å². The van der Waals surface area contributed by atoms with Crippen LogP contribution in [0.15, 0.2) is 54.7 Å². The number of aromatic nitrogens is 3. The topological polar surface area (TPSA) is 109 Å². The van der Waals surface area contributed by atoms with Gasteiger partial charge in [-0.2, -0.15) is 0 Å². The van der Waals surface area contributed by atoms with E-state index in [-0.39, 0.29) is 24.1 Å². The summed E-state index contributed by atoms with van der Waals surface area (Å²) in [6.07, 6.45) is 9.71. The maximum absolute atomic E-state index is 14.2. The number of imidazole rings is 1. The van der Waals surface area contributed by atoms with Crippen molar-refractivity contribution in [3.05, 3.63) is 71.8 Å². The number of benzene rings is 1. The lowest BCUT2D eigenvalue weighted by atomic mass is 9.87. The van der Waals surface area contributed by atoms with E-state index in [0.29, 0.717) is 12.2 Å². The molecule has 9 nitrogen and oxygen atoms in total. The number of para-hydroxylation sites is 2. The van der Waals surface area contributed by atoms with Crippen molar-refractivity contribution < 1.29 is 19.1 Å². The van der Waals surface area contributed by atoms with Gasteiger partial charge in [-0.15, -0.1) is 0 Å². The molecule has 0 saturated heterocycles. The fourth-order valence-corrected chi connectivity index (χ4v) is 5.94. The fourth-order valence-electron chi connectivity index (χ4n) is 5.94. The zero-order chi connectivity index (χ0) is 30.1. The Balaban J connectivity index is 1.55. The van der Waals surface area contributed by atoms with E-state index >= 15 is 0 Å². The number of pyridine rings is 1. The Kier molecular flexibility index (Phi) is 8.42. The van der Waals surface area contributed by atoms with E-state index in [4.69, 9.17) is 19.4 Å². The first kappa shape index (κ1) is 29.8. The predicted molar refractivity (Wildman–Crippen MR) is 162 cm³/mol. The SMILES string of the molecule is CC(C)(C)OC(=O)N[C@H]1C=C[C@H](N(C2CCCc3cccnc32)C(C(=O)OC(C)(C)C)c2nc3ccccc3[nH]2)CC1. The minimum Gasteiger partial charge on any atom is -0.458 e. The van der Waals surface area contributed by atoms with Gasteiger partial charge in [0.1, 0.15) is 17.0 Å². The molecule has 5 rings (SSSR count). The number of nitrogens with one attached hydrogen (secondary N) is 2. The fraction of sp³-hybridized carbons (Fsp3) is 0.515. The molecule has 0 fully saturated rings. The van der Waals surface area contributed by atoms with E-state index in [1.165, 1.54) is 5.56 Å². The zero-order valence-corrected chi connectivity index (χ0v) is 25.5. The summed E-state index contributed by atoms with van der Waals surface area (Å²) in [7, 11) is 0. The van der Waals surface area contributed by atoms with Crippen molar-refractivity contribution in [1.82, 2.24) is 25.2 Å². The van der Waals surface area contributed by atoms with E-state index in [1.807, 2.05) is 84.1 Å². The number of alkyl carbamates (subject to hydrolysis) is 1. The number of carbonyl (C=O) groups excluding carboxylic acids is 2. The van der Waals surface area contributed by atoms with Gasteiger partial charge in [0.15, 0.2) is 6.04 Å². The van der Waals surface area contributed by atoms with Gasteiger partial charge in [0.25, 0.3) is 0 Å². The molecule has 0 aliphatic heterocycles. The highest BCUT2D eigenvalue weighted by Crippen LogP contribution is 2.42. The molecule has 2 aliphatic rings. The zero-order valence-electron chi connectivity index (χ0n) is 25.5. The van der Waals surface area contributed by atoms with E-state index < -0.39 is 23.3 Å². The summed E-state index contributed by atoms with van der Waals surface area (Å²) in [4.78, 5) is 42.1. The lowest BCUT2D eigenvalue weighted by Gasteiger charge is -2.44. The molecule has 1 amide bonds. The quantitative estimate of drug-likeness (QED) is 0.262. The normalized spacial score (nSPS) is 21.5. The van der Waals surface area contributed by atoms with Gasteiger partial charge in [0, 0.05) is 12.2 Å². The number of hydrogen-bond acceptors (Lipinski definition) is 7.